The molecule has 1 aromatic heterocycles. The number of hydrogen-bond acceptors (Lipinski definition) is 1. The molecule has 0 saturated heterocycles. The maximum atomic E-state index is 12.7. The number of nitrogens with one attached hydrogen (secondary N) is 1. The number of benzene rings is 1. The Labute approximate surface area is 145 Å². The van der Waals surface area contributed by atoms with Crippen LogP contribution in [-0.2, 0) is 7.05 Å². The zero-order valence-corrected chi connectivity index (χ0v) is 15.2. The van der Waals surface area contributed by atoms with E-state index >= 15 is 0 Å². The van der Waals surface area contributed by atoms with E-state index in [9.17, 15) is 4.79 Å². The summed E-state index contributed by atoms with van der Waals surface area (Å²) in [5.41, 5.74) is 2.25. The second kappa shape index (κ2) is 5.66. The molecule has 3 fully saturated rings. The summed E-state index contributed by atoms with van der Waals surface area (Å²) in [4.78, 5) is 12.7. The van der Waals surface area contributed by atoms with Crippen molar-refractivity contribution in [1.82, 2.24) is 9.88 Å². The standard InChI is InChI=1S/C19H23BrN2O/c1-22-11-16(15-3-2-14(20)10-17(15)22)18(23)21-12-19-7-4-13(5-8-19)6-9-19/h2-3,10-11,13H,4-9,12H2,1H3,(H,21,23). The zero-order chi connectivity index (χ0) is 16.0. The largest absolute Gasteiger partial charge is 0.351 e. The fraction of sp³-hybridized carbons (Fsp3) is 0.526. The van der Waals surface area contributed by atoms with Crippen molar-refractivity contribution in [1.29, 1.82) is 0 Å². The smallest absolute Gasteiger partial charge is 0.253 e. The van der Waals surface area contributed by atoms with Crippen LogP contribution < -0.4 is 5.32 Å². The number of amides is 1. The number of hydrogen-bond donors (Lipinski definition) is 1. The second-order valence-corrected chi connectivity index (χ2v) is 8.40. The highest BCUT2D eigenvalue weighted by molar-refractivity contribution is 9.10. The molecule has 2 bridgehead atoms. The summed E-state index contributed by atoms with van der Waals surface area (Å²) in [5.74, 6) is 1.03. The van der Waals surface area contributed by atoms with Gasteiger partial charge in [0.2, 0.25) is 0 Å². The van der Waals surface area contributed by atoms with Crippen molar-refractivity contribution in [3.63, 3.8) is 0 Å². The van der Waals surface area contributed by atoms with E-state index in [1.807, 2.05) is 29.9 Å². The van der Waals surface area contributed by atoms with Gasteiger partial charge in [-0.25, -0.2) is 0 Å². The van der Waals surface area contributed by atoms with Gasteiger partial charge in [-0.1, -0.05) is 22.0 Å². The van der Waals surface area contributed by atoms with Crippen LogP contribution in [0.25, 0.3) is 10.9 Å². The van der Waals surface area contributed by atoms with E-state index in [1.54, 1.807) is 0 Å². The van der Waals surface area contributed by atoms with Gasteiger partial charge in [-0.05, 0) is 62.0 Å². The first-order chi connectivity index (χ1) is 11.1. The number of carbonyl (C=O) groups is 1. The quantitative estimate of drug-likeness (QED) is 0.833. The van der Waals surface area contributed by atoms with Gasteiger partial charge in [-0.3, -0.25) is 4.79 Å². The third kappa shape index (κ3) is 2.71. The van der Waals surface area contributed by atoms with Crippen LogP contribution in [0.5, 0.6) is 0 Å². The van der Waals surface area contributed by atoms with Crippen molar-refractivity contribution in [3.8, 4) is 0 Å². The molecule has 1 amide bonds. The van der Waals surface area contributed by atoms with Gasteiger partial charge in [0, 0.05) is 35.2 Å². The van der Waals surface area contributed by atoms with Gasteiger partial charge >= 0.3 is 0 Å². The van der Waals surface area contributed by atoms with Crippen LogP contribution in [0, 0.1) is 11.3 Å². The molecular weight excluding hydrogens is 352 g/mol. The Morgan fingerprint density at radius 3 is 2.70 bits per heavy atom. The van der Waals surface area contributed by atoms with E-state index in [1.165, 1.54) is 38.5 Å². The maximum Gasteiger partial charge on any atom is 0.253 e. The Bertz CT molecular complexity index is 742. The van der Waals surface area contributed by atoms with Gasteiger partial charge in [0.15, 0.2) is 0 Å². The average Bonchev–Trinajstić information content (AvgIpc) is 2.91. The third-order valence-corrected chi connectivity index (χ3v) is 6.56. The number of halogens is 1. The number of fused-ring (bicyclic) bond motifs is 4. The summed E-state index contributed by atoms with van der Waals surface area (Å²) in [6, 6.07) is 6.09. The Hall–Kier alpha value is -1.29. The topological polar surface area (TPSA) is 34.0 Å². The fourth-order valence-corrected chi connectivity index (χ4v) is 4.85. The number of nitrogens with zero attached hydrogens (tertiary/aromatic N) is 1. The molecule has 0 spiro atoms. The van der Waals surface area contributed by atoms with Crippen molar-refractivity contribution in [2.75, 3.05) is 6.54 Å². The summed E-state index contributed by atoms with van der Waals surface area (Å²) in [5, 5.41) is 4.27. The van der Waals surface area contributed by atoms with Crippen LogP contribution in [0.3, 0.4) is 0 Å². The minimum absolute atomic E-state index is 0.0694. The van der Waals surface area contributed by atoms with Crippen molar-refractivity contribution in [2.24, 2.45) is 18.4 Å². The normalized spacial score (nSPS) is 26.6. The van der Waals surface area contributed by atoms with E-state index in [0.29, 0.717) is 5.41 Å². The fourth-order valence-electron chi connectivity index (χ4n) is 4.51. The molecule has 2 aromatic rings. The van der Waals surface area contributed by atoms with Crippen LogP contribution >= 0.6 is 15.9 Å². The molecule has 4 heteroatoms. The molecule has 0 atom stereocenters. The molecule has 23 heavy (non-hydrogen) atoms. The predicted octanol–water partition coefficient (Wildman–Crippen LogP) is 4.64. The number of aryl methyl sites for hydroxylation is 1. The highest BCUT2D eigenvalue weighted by Crippen LogP contribution is 2.49. The summed E-state index contributed by atoms with van der Waals surface area (Å²) < 4.78 is 3.06. The van der Waals surface area contributed by atoms with Gasteiger partial charge in [0.1, 0.15) is 0 Å². The van der Waals surface area contributed by atoms with Crippen molar-refractivity contribution < 1.29 is 4.79 Å². The van der Waals surface area contributed by atoms with Crippen molar-refractivity contribution in [2.45, 2.75) is 38.5 Å². The van der Waals surface area contributed by atoms with E-state index in [-0.39, 0.29) is 5.91 Å². The minimum atomic E-state index is 0.0694. The molecule has 0 unspecified atom stereocenters. The molecule has 3 aliphatic rings. The van der Waals surface area contributed by atoms with E-state index in [4.69, 9.17) is 0 Å². The van der Waals surface area contributed by atoms with Gasteiger partial charge in [0.25, 0.3) is 5.91 Å². The Morgan fingerprint density at radius 1 is 1.30 bits per heavy atom. The molecule has 122 valence electrons. The number of carbonyl (C=O) groups excluding carboxylic acids is 1. The molecule has 1 N–H and O–H groups in total. The summed E-state index contributed by atoms with van der Waals surface area (Å²) in [6.45, 7) is 0.839. The lowest BCUT2D eigenvalue weighted by molar-refractivity contribution is 0.0598. The van der Waals surface area contributed by atoms with E-state index in [0.717, 1.165) is 33.4 Å². The highest BCUT2D eigenvalue weighted by Gasteiger charge is 2.40. The third-order valence-electron chi connectivity index (χ3n) is 6.07. The van der Waals surface area contributed by atoms with Crippen molar-refractivity contribution in [3.05, 3.63) is 34.4 Å². The molecule has 0 radical (unpaired) electrons. The van der Waals surface area contributed by atoms with Gasteiger partial charge in [-0.2, -0.15) is 0 Å². The van der Waals surface area contributed by atoms with Gasteiger partial charge in [0.05, 0.1) is 5.56 Å². The van der Waals surface area contributed by atoms with Gasteiger partial charge in [-0.15, -0.1) is 0 Å². The predicted molar refractivity (Wildman–Crippen MR) is 96.6 cm³/mol. The Morgan fingerprint density at radius 2 is 2.00 bits per heavy atom. The number of rotatable bonds is 3. The first-order valence-corrected chi connectivity index (χ1v) is 9.38. The second-order valence-electron chi connectivity index (χ2n) is 7.48. The number of aromatic nitrogens is 1. The molecule has 3 aliphatic carbocycles. The molecule has 1 heterocycles. The maximum absolute atomic E-state index is 12.7. The van der Waals surface area contributed by atoms with Crippen LogP contribution in [0.2, 0.25) is 0 Å². The van der Waals surface area contributed by atoms with Crippen LogP contribution in [-0.4, -0.2) is 17.0 Å². The minimum Gasteiger partial charge on any atom is -0.351 e. The monoisotopic (exact) mass is 374 g/mol. The lowest BCUT2D eigenvalue weighted by atomic mass is 9.61. The van der Waals surface area contributed by atoms with Gasteiger partial charge < -0.3 is 9.88 Å². The molecule has 3 saturated carbocycles. The van der Waals surface area contributed by atoms with Crippen LogP contribution in [0.15, 0.2) is 28.9 Å². The molecular formula is C19H23BrN2O. The van der Waals surface area contributed by atoms with E-state index < -0.39 is 0 Å². The Balaban J connectivity index is 1.53. The Kier molecular flexibility index (Phi) is 3.75. The molecule has 5 rings (SSSR count). The lowest BCUT2D eigenvalue weighted by Gasteiger charge is -2.46. The average molecular weight is 375 g/mol. The lowest BCUT2D eigenvalue weighted by Crippen LogP contribution is -2.43. The molecule has 3 nitrogen and oxygen atoms in total. The zero-order valence-electron chi connectivity index (χ0n) is 13.6. The van der Waals surface area contributed by atoms with Crippen LogP contribution in [0.1, 0.15) is 48.9 Å². The SMILES string of the molecule is Cn1cc(C(=O)NCC23CCC(CC2)CC3)c2ccc(Br)cc21. The van der Waals surface area contributed by atoms with Crippen LogP contribution in [0.4, 0.5) is 0 Å². The molecule has 1 aromatic carbocycles. The van der Waals surface area contributed by atoms with Crippen molar-refractivity contribution >= 4 is 32.7 Å². The van der Waals surface area contributed by atoms with E-state index in [2.05, 4.69) is 27.3 Å². The molecule has 0 aliphatic heterocycles. The first-order valence-electron chi connectivity index (χ1n) is 8.59. The summed E-state index contributed by atoms with van der Waals surface area (Å²) in [6.07, 6.45) is 9.90. The highest BCUT2D eigenvalue weighted by atomic mass is 79.9. The summed E-state index contributed by atoms with van der Waals surface area (Å²) >= 11 is 3.50. The summed E-state index contributed by atoms with van der Waals surface area (Å²) in [7, 11) is 1.99. The first kappa shape index (κ1) is 15.3.